The number of non-ortho nitro benzene ring substituents is 1. The first kappa shape index (κ1) is 16.4. The van der Waals surface area contributed by atoms with Gasteiger partial charge in [-0.2, -0.15) is 9.40 Å². The molecule has 0 aliphatic rings. The molecule has 2 rings (SSSR count). The predicted octanol–water partition coefficient (Wildman–Crippen LogP) is 1.80. The Morgan fingerprint density at radius 1 is 1.36 bits per heavy atom. The standard InChI is InChI=1S/C12H13ClN4O4S/c1-15(8-12-11(13)7-14-16(12)2)22(20,21)10-5-3-9(4-6-10)17(18)19/h3-7H,8H2,1-2H3. The van der Waals surface area contributed by atoms with Gasteiger partial charge in [-0.15, -0.1) is 0 Å². The first-order valence-corrected chi connectivity index (χ1v) is 7.92. The predicted molar refractivity (Wildman–Crippen MR) is 80.0 cm³/mol. The molecule has 0 fully saturated rings. The van der Waals surface area contributed by atoms with Crippen LogP contribution in [0.3, 0.4) is 0 Å². The summed E-state index contributed by atoms with van der Waals surface area (Å²) in [4.78, 5) is 9.99. The molecular weight excluding hydrogens is 332 g/mol. The first-order chi connectivity index (χ1) is 10.2. The van der Waals surface area contributed by atoms with Crippen LogP contribution in [0.1, 0.15) is 5.69 Å². The molecular formula is C12H13ClN4O4S. The molecule has 0 saturated heterocycles. The van der Waals surface area contributed by atoms with Crippen LogP contribution < -0.4 is 0 Å². The number of nitro benzene ring substituents is 1. The van der Waals surface area contributed by atoms with E-state index in [9.17, 15) is 18.5 Å². The second-order valence-electron chi connectivity index (χ2n) is 4.57. The Labute approximate surface area is 132 Å². The minimum Gasteiger partial charge on any atom is -0.270 e. The van der Waals surface area contributed by atoms with Crippen LogP contribution in [0.4, 0.5) is 5.69 Å². The molecule has 10 heteroatoms. The summed E-state index contributed by atoms with van der Waals surface area (Å²) >= 11 is 5.96. The summed E-state index contributed by atoms with van der Waals surface area (Å²) in [6, 6.07) is 4.71. The first-order valence-electron chi connectivity index (χ1n) is 6.10. The lowest BCUT2D eigenvalue weighted by atomic mass is 10.3. The van der Waals surface area contributed by atoms with Crippen molar-refractivity contribution in [2.24, 2.45) is 7.05 Å². The number of nitro groups is 1. The van der Waals surface area contributed by atoms with Crippen LogP contribution in [-0.2, 0) is 23.6 Å². The molecule has 0 unspecified atom stereocenters. The van der Waals surface area contributed by atoms with Gasteiger partial charge in [0, 0.05) is 26.2 Å². The molecule has 0 radical (unpaired) electrons. The lowest BCUT2D eigenvalue weighted by Crippen LogP contribution is -2.27. The minimum atomic E-state index is -3.78. The van der Waals surface area contributed by atoms with E-state index in [1.54, 1.807) is 7.05 Å². The largest absolute Gasteiger partial charge is 0.270 e. The van der Waals surface area contributed by atoms with Gasteiger partial charge in [0.1, 0.15) is 0 Å². The van der Waals surface area contributed by atoms with E-state index in [-0.39, 0.29) is 17.1 Å². The Morgan fingerprint density at radius 3 is 2.41 bits per heavy atom. The lowest BCUT2D eigenvalue weighted by molar-refractivity contribution is -0.384. The van der Waals surface area contributed by atoms with Crippen LogP contribution in [0.25, 0.3) is 0 Å². The number of aryl methyl sites for hydroxylation is 1. The molecule has 0 aliphatic heterocycles. The number of rotatable bonds is 5. The summed E-state index contributed by atoms with van der Waals surface area (Å²) in [5.74, 6) is 0. The number of halogens is 1. The number of hydrogen-bond acceptors (Lipinski definition) is 5. The molecule has 2 aromatic rings. The second kappa shape index (κ2) is 6.03. The van der Waals surface area contributed by atoms with Crippen molar-refractivity contribution < 1.29 is 13.3 Å². The fourth-order valence-corrected chi connectivity index (χ4v) is 3.19. The Morgan fingerprint density at radius 2 is 1.95 bits per heavy atom. The number of nitrogens with zero attached hydrogens (tertiary/aromatic N) is 4. The number of benzene rings is 1. The molecule has 0 saturated carbocycles. The third kappa shape index (κ3) is 3.11. The molecule has 0 spiro atoms. The molecule has 1 aromatic carbocycles. The highest BCUT2D eigenvalue weighted by atomic mass is 35.5. The average Bonchev–Trinajstić information content (AvgIpc) is 2.79. The maximum atomic E-state index is 12.4. The van der Waals surface area contributed by atoms with Gasteiger partial charge in [0.15, 0.2) is 0 Å². The molecule has 8 nitrogen and oxygen atoms in total. The Balaban J connectivity index is 2.27. The van der Waals surface area contributed by atoms with Crippen LogP contribution in [-0.4, -0.2) is 34.5 Å². The molecule has 1 aromatic heterocycles. The molecule has 0 N–H and O–H groups in total. The van der Waals surface area contributed by atoms with Gasteiger partial charge in [-0.3, -0.25) is 14.8 Å². The fourth-order valence-electron chi connectivity index (χ4n) is 1.83. The quantitative estimate of drug-likeness (QED) is 0.608. The van der Waals surface area contributed by atoms with Gasteiger partial charge in [-0.25, -0.2) is 8.42 Å². The van der Waals surface area contributed by atoms with Crippen molar-refractivity contribution >= 4 is 27.3 Å². The summed E-state index contributed by atoms with van der Waals surface area (Å²) in [5.41, 5.74) is 0.380. The lowest BCUT2D eigenvalue weighted by Gasteiger charge is -2.17. The van der Waals surface area contributed by atoms with Crippen molar-refractivity contribution in [2.45, 2.75) is 11.4 Å². The molecule has 118 valence electrons. The average molecular weight is 345 g/mol. The Bertz CT molecular complexity index is 782. The highest BCUT2D eigenvalue weighted by Gasteiger charge is 2.23. The zero-order chi connectivity index (χ0) is 16.5. The maximum absolute atomic E-state index is 12.4. The van der Waals surface area contributed by atoms with Crippen molar-refractivity contribution in [3.63, 3.8) is 0 Å². The van der Waals surface area contributed by atoms with E-state index in [4.69, 9.17) is 11.6 Å². The second-order valence-corrected chi connectivity index (χ2v) is 7.03. The van der Waals surface area contributed by atoms with E-state index in [2.05, 4.69) is 5.10 Å². The van der Waals surface area contributed by atoms with Crippen LogP contribution >= 0.6 is 11.6 Å². The highest BCUT2D eigenvalue weighted by molar-refractivity contribution is 7.89. The van der Waals surface area contributed by atoms with Crippen LogP contribution in [0.15, 0.2) is 35.4 Å². The van der Waals surface area contributed by atoms with Gasteiger partial charge in [0.25, 0.3) is 5.69 Å². The summed E-state index contributed by atoms with van der Waals surface area (Å²) in [7, 11) is -0.717. The molecule has 0 atom stereocenters. The maximum Gasteiger partial charge on any atom is 0.269 e. The van der Waals surface area contributed by atoms with Gasteiger partial charge in [-0.1, -0.05) is 11.6 Å². The Hall–Kier alpha value is -1.97. The van der Waals surface area contributed by atoms with Gasteiger partial charge in [0.2, 0.25) is 10.0 Å². The van der Waals surface area contributed by atoms with Crippen molar-refractivity contribution in [1.29, 1.82) is 0 Å². The van der Waals surface area contributed by atoms with Crippen LogP contribution in [0, 0.1) is 10.1 Å². The van der Waals surface area contributed by atoms with E-state index < -0.39 is 14.9 Å². The topological polar surface area (TPSA) is 98.3 Å². The summed E-state index contributed by atoms with van der Waals surface area (Å²) < 4.78 is 27.5. The van der Waals surface area contributed by atoms with Crippen molar-refractivity contribution in [2.75, 3.05) is 7.05 Å². The SMILES string of the molecule is CN(Cc1c(Cl)cnn1C)S(=O)(=O)c1ccc([N+](=O)[O-])cc1. The van der Waals surface area contributed by atoms with Gasteiger partial charge in [0.05, 0.1) is 33.3 Å². The summed E-state index contributed by atoms with van der Waals surface area (Å²) in [5, 5.41) is 14.9. The van der Waals surface area contributed by atoms with Crippen LogP contribution in [0.2, 0.25) is 5.02 Å². The van der Waals surface area contributed by atoms with E-state index >= 15 is 0 Å². The minimum absolute atomic E-state index is 0.0288. The van der Waals surface area contributed by atoms with Crippen LogP contribution in [0.5, 0.6) is 0 Å². The van der Waals surface area contributed by atoms with Gasteiger partial charge >= 0.3 is 0 Å². The number of hydrogen-bond donors (Lipinski definition) is 0. The van der Waals surface area contributed by atoms with E-state index in [0.29, 0.717) is 10.7 Å². The number of aromatic nitrogens is 2. The molecule has 0 bridgehead atoms. The Kier molecular flexibility index (Phi) is 4.50. The normalized spacial score (nSPS) is 11.8. The summed E-state index contributed by atoms with van der Waals surface area (Å²) in [6.45, 7) is 0.0364. The van der Waals surface area contributed by atoms with Gasteiger partial charge < -0.3 is 0 Å². The van der Waals surface area contributed by atoms with Crippen molar-refractivity contribution in [3.8, 4) is 0 Å². The third-order valence-corrected chi connectivity index (χ3v) is 5.27. The zero-order valence-corrected chi connectivity index (χ0v) is 13.4. The fraction of sp³-hybridized carbons (Fsp3) is 0.250. The van der Waals surface area contributed by atoms with E-state index in [1.807, 2.05) is 0 Å². The van der Waals surface area contributed by atoms with Crippen molar-refractivity contribution in [1.82, 2.24) is 14.1 Å². The van der Waals surface area contributed by atoms with Crippen molar-refractivity contribution in [3.05, 3.63) is 51.3 Å². The highest BCUT2D eigenvalue weighted by Crippen LogP contribution is 2.22. The van der Waals surface area contributed by atoms with Gasteiger partial charge in [-0.05, 0) is 12.1 Å². The molecule has 0 aliphatic carbocycles. The van der Waals surface area contributed by atoms with E-state index in [0.717, 1.165) is 16.4 Å². The summed E-state index contributed by atoms with van der Waals surface area (Å²) in [6.07, 6.45) is 1.43. The molecule has 0 amide bonds. The monoisotopic (exact) mass is 344 g/mol. The molecule has 1 heterocycles. The third-order valence-electron chi connectivity index (χ3n) is 3.14. The zero-order valence-electron chi connectivity index (χ0n) is 11.8. The van der Waals surface area contributed by atoms with E-state index in [1.165, 1.54) is 30.1 Å². The molecule has 22 heavy (non-hydrogen) atoms. The number of sulfonamides is 1. The smallest absolute Gasteiger partial charge is 0.269 e.